The second kappa shape index (κ2) is 6.56. The molecule has 1 aromatic rings. The van der Waals surface area contributed by atoms with Crippen LogP contribution in [0.2, 0.25) is 0 Å². The van der Waals surface area contributed by atoms with E-state index >= 15 is 0 Å². The summed E-state index contributed by atoms with van der Waals surface area (Å²) >= 11 is 0. The second-order valence-electron chi connectivity index (χ2n) is 3.82. The van der Waals surface area contributed by atoms with E-state index in [-0.39, 0.29) is 5.75 Å². The highest BCUT2D eigenvalue weighted by molar-refractivity contribution is 7.90. The summed E-state index contributed by atoms with van der Waals surface area (Å²) < 4.78 is 27.2. The van der Waals surface area contributed by atoms with Crippen molar-refractivity contribution < 1.29 is 13.2 Å². The molecule has 0 radical (unpaired) electrons. The van der Waals surface area contributed by atoms with Gasteiger partial charge in [-0.3, -0.25) is 4.98 Å². The maximum atomic E-state index is 10.9. The van der Waals surface area contributed by atoms with Crippen LogP contribution in [0, 0.1) is 6.92 Å². The van der Waals surface area contributed by atoms with Crippen molar-refractivity contribution in [2.45, 2.75) is 6.92 Å². The lowest BCUT2D eigenvalue weighted by molar-refractivity contribution is 0.312. The Hall–Kier alpha value is -1.14. The van der Waals surface area contributed by atoms with Crippen molar-refractivity contribution in [1.29, 1.82) is 0 Å². The highest BCUT2D eigenvalue weighted by Gasteiger charge is 2.01. The minimum absolute atomic E-state index is 0.152. The van der Waals surface area contributed by atoms with Crippen LogP contribution >= 0.6 is 0 Å². The fourth-order valence-electron chi connectivity index (χ4n) is 1.24. The topological polar surface area (TPSA) is 68.3 Å². The summed E-state index contributed by atoms with van der Waals surface area (Å²) in [7, 11) is -2.88. The first-order valence-corrected chi connectivity index (χ1v) is 7.48. The smallest absolute Gasteiger partial charge is 0.148 e. The molecule has 0 unspecified atom stereocenters. The van der Waals surface area contributed by atoms with Crippen molar-refractivity contribution in [3.8, 4) is 5.75 Å². The summed E-state index contributed by atoms with van der Waals surface area (Å²) in [5, 5.41) is 3.01. The quantitative estimate of drug-likeness (QED) is 0.717. The number of rotatable bonds is 7. The second-order valence-corrected chi connectivity index (χ2v) is 6.08. The van der Waals surface area contributed by atoms with Crippen LogP contribution in [0.4, 0.5) is 0 Å². The monoisotopic (exact) mass is 258 g/mol. The summed E-state index contributed by atoms with van der Waals surface area (Å²) in [4.78, 5) is 4.10. The number of nitrogens with zero attached hydrogens (tertiary/aromatic N) is 1. The van der Waals surface area contributed by atoms with Crippen LogP contribution in [-0.4, -0.2) is 45.1 Å². The molecule has 5 nitrogen and oxygen atoms in total. The average Bonchev–Trinajstić information content (AvgIpc) is 2.24. The zero-order chi connectivity index (χ0) is 12.7. The van der Waals surface area contributed by atoms with Gasteiger partial charge in [0.05, 0.1) is 11.4 Å². The predicted molar refractivity (Wildman–Crippen MR) is 67.0 cm³/mol. The maximum Gasteiger partial charge on any atom is 0.148 e. The van der Waals surface area contributed by atoms with E-state index in [1.165, 1.54) is 6.26 Å². The van der Waals surface area contributed by atoms with Crippen molar-refractivity contribution in [1.82, 2.24) is 10.3 Å². The van der Waals surface area contributed by atoms with Gasteiger partial charge in [-0.05, 0) is 19.1 Å². The number of nitrogens with one attached hydrogen (secondary N) is 1. The maximum absolute atomic E-state index is 10.9. The summed E-state index contributed by atoms with van der Waals surface area (Å²) in [6.07, 6.45) is 2.94. The number of aromatic nitrogens is 1. The van der Waals surface area contributed by atoms with E-state index in [1.807, 2.05) is 19.1 Å². The third-order valence-corrected chi connectivity index (χ3v) is 3.09. The zero-order valence-corrected chi connectivity index (χ0v) is 11.0. The molecule has 0 spiro atoms. The molecule has 1 rings (SSSR count). The Balaban J connectivity index is 2.15. The van der Waals surface area contributed by atoms with Gasteiger partial charge in [0.25, 0.3) is 0 Å². The van der Waals surface area contributed by atoms with Gasteiger partial charge in [0.1, 0.15) is 22.2 Å². The molecular formula is C11H18N2O3S. The number of hydrogen-bond acceptors (Lipinski definition) is 5. The molecule has 0 aliphatic carbocycles. The Morgan fingerprint density at radius 2 is 2.18 bits per heavy atom. The molecule has 6 heteroatoms. The molecule has 0 bridgehead atoms. The molecular weight excluding hydrogens is 240 g/mol. The van der Waals surface area contributed by atoms with Gasteiger partial charge in [-0.1, -0.05) is 0 Å². The van der Waals surface area contributed by atoms with E-state index < -0.39 is 9.84 Å². The van der Waals surface area contributed by atoms with Crippen LogP contribution in [0.3, 0.4) is 0 Å². The van der Waals surface area contributed by atoms with Crippen molar-refractivity contribution in [3.63, 3.8) is 0 Å². The van der Waals surface area contributed by atoms with Gasteiger partial charge in [-0.25, -0.2) is 8.42 Å². The number of sulfone groups is 1. The Kier molecular flexibility index (Phi) is 5.37. The number of aryl methyl sites for hydroxylation is 1. The summed E-state index contributed by atoms with van der Waals surface area (Å²) in [5.74, 6) is 0.913. The molecule has 96 valence electrons. The summed E-state index contributed by atoms with van der Waals surface area (Å²) in [5.41, 5.74) is 0.851. The van der Waals surface area contributed by atoms with Crippen LogP contribution in [0.5, 0.6) is 5.75 Å². The van der Waals surface area contributed by atoms with Crippen molar-refractivity contribution in [2.24, 2.45) is 0 Å². The Bertz CT molecular complexity index is 446. The van der Waals surface area contributed by atoms with E-state index in [2.05, 4.69) is 10.3 Å². The molecule has 1 aromatic heterocycles. The van der Waals surface area contributed by atoms with Crippen LogP contribution in [0.15, 0.2) is 18.3 Å². The lowest BCUT2D eigenvalue weighted by Crippen LogP contribution is -2.26. The van der Waals surface area contributed by atoms with E-state index in [0.29, 0.717) is 19.7 Å². The largest absolute Gasteiger partial charge is 0.490 e. The minimum atomic E-state index is -2.88. The first-order valence-electron chi connectivity index (χ1n) is 5.42. The van der Waals surface area contributed by atoms with Gasteiger partial charge in [0, 0.05) is 25.5 Å². The molecule has 0 fully saturated rings. The highest BCUT2D eigenvalue weighted by Crippen LogP contribution is 2.12. The van der Waals surface area contributed by atoms with Crippen molar-refractivity contribution in [2.75, 3.05) is 31.7 Å². The third kappa shape index (κ3) is 6.23. The van der Waals surface area contributed by atoms with E-state index in [4.69, 9.17) is 4.74 Å². The molecule has 17 heavy (non-hydrogen) atoms. The van der Waals surface area contributed by atoms with Gasteiger partial charge in [0.15, 0.2) is 0 Å². The fraction of sp³-hybridized carbons (Fsp3) is 0.545. The summed E-state index contributed by atoms with van der Waals surface area (Å²) in [6.45, 7) is 3.45. The van der Waals surface area contributed by atoms with Gasteiger partial charge >= 0.3 is 0 Å². The molecule has 0 atom stereocenters. The number of ether oxygens (including phenoxy) is 1. The summed E-state index contributed by atoms with van der Waals surface area (Å²) in [6, 6.07) is 3.68. The van der Waals surface area contributed by atoms with E-state index in [1.54, 1.807) is 6.20 Å². The van der Waals surface area contributed by atoms with Gasteiger partial charge in [0.2, 0.25) is 0 Å². The SMILES string of the molecule is Cc1ncccc1OCCNCCS(C)(=O)=O. The van der Waals surface area contributed by atoms with E-state index in [9.17, 15) is 8.42 Å². The normalized spacial score (nSPS) is 11.4. The molecule has 0 aromatic carbocycles. The Morgan fingerprint density at radius 1 is 1.41 bits per heavy atom. The molecule has 0 saturated heterocycles. The van der Waals surface area contributed by atoms with E-state index in [0.717, 1.165) is 11.4 Å². The molecule has 0 saturated carbocycles. The standard InChI is InChI=1S/C11H18N2O3S/c1-10-11(4-3-5-13-10)16-8-6-12-7-9-17(2,14)15/h3-5,12H,6-9H2,1-2H3. The number of pyridine rings is 1. The van der Waals surface area contributed by atoms with Crippen molar-refractivity contribution >= 4 is 9.84 Å². The first-order chi connectivity index (χ1) is 7.99. The van der Waals surface area contributed by atoms with Gasteiger partial charge < -0.3 is 10.1 Å². The van der Waals surface area contributed by atoms with Gasteiger partial charge in [-0.2, -0.15) is 0 Å². The predicted octanol–water partition coefficient (Wildman–Crippen LogP) is 0.403. The third-order valence-electron chi connectivity index (χ3n) is 2.14. The molecule has 0 aliphatic heterocycles. The fourth-order valence-corrected chi connectivity index (χ4v) is 1.75. The van der Waals surface area contributed by atoms with Crippen LogP contribution < -0.4 is 10.1 Å². The lowest BCUT2D eigenvalue weighted by Gasteiger charge is -2.08. The lowest BCUT2D eigenvalue weighted by atomic mass is 10.3. The molecule has 0 aliphatic rings. The zero-order valence-electron chi connectivity index (χ0n) is 10.1. The Labute approximate surface area is 102 Å². The molecule has 1 N–H and O–H groups in total. The molecule has 1 heterocycles. The van der Waals surface area contributed by atoms with Gasteiger partial charge in [-0.15, -0.1) is 0 Å². The van der Waals surface area contributed by atoms with Crippen LogP contribution in [0.1, 0.15) is 5.69 Å². The highest BCUT2D eigenvalue weighted by atomic mass is 32.2. The average molecular weight is 258 g/mol. The van der Waals surface area contributed by atoms with Crippen molar-refractivity contribution in [3.05, 3.63) is 24.0 Å². The minimum Gasteiger partial charge on any atom is -0.490 e. The number of hydrogen-bond donors (Lipinski definition) is 1. The van der Waals surface area contributed by atoms with Crippen LogP contribution in [-0.2, 0) is 9.84 Å². The van der Waals surface area contributed by atoms with Crippen LogP contribution in [0.25, 0.3) is 0 Å². The molecule has 0 amide bonds. The first kappa shape index (κ1) is 13.9. The Morgan fingerprint density at radius 3 is 2.82 bits per heavy atom.